The van der Waals surface area contributed by atoms with Gasteiger partial charge in [-0.2, -0.15) is 0 Å². The molecule has 10 heteroatoms. The molecular formula is C24H36N2O6S2. The van der Waals surface area contributed by atoms with Crippen LogP contribution in [-0.2, 0) is 20.0 Å². The molecular weight excluding hydrogens is 476 g/mol. The summed E-state index contributed by atoms with van der Waals surface area (Å²) in [4.78, 5) is 0. The van der Waals surface area contributed by atoms with E-state index in [9.17, 15) is 16.8 Å². The maximum Gasteiger partial charge on any atom is 0.214 e. The lowest BCUT2D eigenvalue weighted by Crippen LogP contribution is -2.37. The molecule has 0 bridgehead atoms. The quantitative estimate of drug-likeness (QED) is 0.425. The van der Waals surface area contributed by atoms with E-state index in [1.165, 1.54) is 0 Å². The maximum atomic E-state index is 11.9. The molecule has 2 aromatic rings. The smallest absolute Gasteiger partial charge is 0.214 e. The topological polar surface area (TPSA) is 111 Å². The third-order valence-electron chi connectivity index (χ3n) is 5.10. The number of nitrogens with one attached hydrogen (secondary N) is 2. The molecule has 0 aliphatic rings. The van der Waals surface area contributed by atoms with Crippen LogP contribution in [-0.4, -0.2) is 52.6 Å². The molecule has 0 saturated heterocycles. The Morgan fingerprint density at radius 1 is 0.588 bits per heavy atom. The number of hydrogen-bond acceptors (Lipinski definition) is 6. The van der Waals surface area contributed by atoms with Gasteiger partial charge in [0.2, 0.25) is 20.0 Å². The normalized spacial score (nSPS) is 14.2. The summed E-state index contributed by atoms with van der Waals surface area (Å²) >= 11 is 0. The Morgan fingerprint density at radius 2 is 0.882 bits per heavy atom. The molecule has 2 rings (SSSR count). The van der Waals surface area contributed by atoms with Gasteiger partial charge in [-0.15, -0.1) is 0 Å². The number of benzene rings is 2. The van der Waals surface area contributed by atoms with Crippen LogP contribution in [0.4, 0.5) is 0 Å². The highest BCUT2D eigenvalue weighted by molar-refractivity contribution is 7.90. The first-order chi connectivity index (χ1) is 15.8. The predicted molar refractivity (Wildman–Crippen MR) is 136 cm³/mol. The van der Waals surface area contributed by atoms with E-state index in [1.807, 2.05) is 62.4 Å². The summed E-state index contributed by atoms with van der Waals surface area (Å²) in [5.41, 5.74) is 1.98. The fraction of sp³-hybridized carbons (Fsp3) is 0.500. The molecule has 0 saturated carbocycles. The molecule has 0 heterocycles. The van der Waals surface area contributed by atoms with Crippen LogP contribution in [0.25, 0.3) is 11.1 Å². The number of sulfonamides is 2. The van der Waals surface area contributed by atoms with E-state index in [2.05, 4.69) is 9.44 Å². The van der Waals surface area contributed by atoms with Gasteiger partial charge < -0.3 is 9.47 Å². The van der Waals surface area contributed by atoms with Crippen molar-refractivity contribution in [3.63, 3.8) is 0 Å². The first kappa shape index (κ1) is 28.1. The largest absolute Gasteiger partial charge is 0.489 e. The third-order valence-corrected chi connectivity index (χ3v) is 8.72. The van der Waals surface area contributed by atoms with E-state index < -0.39 is 30.5 Å². The zero-order valence-corrected chi connectivity index (χ0v) is 22.2. The van der Waals surface area contributed by atoms with Gasteiger partial charge in [0.25, 0.3) is 0 Å². The molecule has 0 fully saturated rings. The predicted octanol–water partition coefficient (Wildman–Crippen LogP) is 3.54. The second-order valence-corrected chi connectivity index (χ2v) is 13.4. The summed E-state index contributed by atoms with van der Waals surface area (Å²) in [6, 6.07) is 15.1. The fourth-order valence-electron chi connectivity index (χ4n) is 2.80. The Labute approximate surface area is 204 Å². The SMILES string of the molecule is CC(CNS(=O)(=O)C(C)C)Oc1ccc(-c2ccc(OC(C)CNS(=O)(=O)C(C)C)cc2)cc1. The third kappa shape index (κ3) is 8.57. The molecule has 2 unspecified atom stereocenters. The Hall–Kier alpha value is -2.14. The molecule has 0 aromatic heterocycles. The zero-order valence-electron chi connectivity index (χ0n) is 20.6. The van der Waals surface area contributed by atoms with E-state index in [-0.39, 0.29) is 25.3 Å². The van der Waals surface area contributed by atoms with Crippen molar-refractivity contribution in [2.24, 2.45) is 0 Å². The summed E-state index contributed by atoms with van der Waals surface area (Å²) < 4.78 is 64.2. The Balaban J connectivity index is 1.90. The van der Waals surface area contributed by atoms with Crippen molar-refractivity contribution in [3.8, 4) is 22.6 Å². The molecule has 0 spiro atoms. The molecule has 2 N–H and O–H groups in total. The molecule has 0 radical (unpaired) electrons. The van der Waals surface area contributed by atoms with E-state index in [1.54, 1.807) is 27.7 Å². The number of ether oxygens (including phenoxy) is 2. The van der Waals surface area contributed by atoms with Crippen LogP contribution in [0.2, 0.25) is 0 Å². The Morgan fingerprint density at radius 3 is 1.15 bits per heavy atom. The first-order valence-corrected chi connectivity index (χ1v) is 14.4. The minimum absolute atomic E-state index is 0.196. The molecule has 0 aliphatic carbocycles. The molecule has 34 heavy (non-hydrogen) atoms. The van der Waals surface area contributed by atoms with Gasteiger partial charge in [-0.05, 0) is 76.9 Å². The fourth-order valence-corrected chi connectivity index (χ4v) is 4.40. The minimum atomic E-state index is -3.32. The van der Waals surface area contributed by atoms with Crippen molar-refractivity contribution in [3.05, 3.63) is 48.5 Å². The van der Waals surface area contributed by atoms with E-state index >= 15 is 0 Å². The average molecular weight is 513 g/mol. The monoisotopic (exact) mass is 512 g/mol. The van der Waals surface area contributed by atoms with Crippen LogP contribution in [0, 0.1) is 0 Å². The van der Waals surface area contributed by atoms with Crippen molar-refractivity contribution in [2.45, 2.75) is 64.3 Å². The molecule has 0 aliphatic heterocycles. The molecule has 0 amide bonds. The van der Waals surface area contributed by atoms with Gasteiger partial charge in [-0.3, -0.25) is 0 Å². The summed E-state index contributed by atoms with van der Waals surface area (Å²) in [5.74, 6) is 1.30. The highest BCUT2D eigenvalue weighted by atomic mass is 32.2. The lowest BCUT2D eigenvalue weighted by Gasteiger charge is -2.17. The standard InChI is InChI=1S/C24H36N2O6S2/c1-17(2)33(27,28)25-15-19(5)31-23-11-7-21(8-12-23)22-9-13-24(14-10-22)32-20(6)16-26-34(29,30)18(3)4/h7-14,17-20,25-26H,15-16H2,1-6H3. The highest BCUT2D eigenvalue weighted by Gasteiger charge is 2.18. The second-order valence-electron chi connectivity index (χ2n) is 8.79. The lowest BCUT2D eigenvalue weighted by atomic mass is 10.1. The number of hydrogen-bond donors (Lipinski definition) is 2. The van der Waals surface area contributed by atoms with Gasteiger partial charge >= 0.3 is 0 Å². The van der Waals surface area contributed by atoms with E-state index in [0.29, 0.717) is 11.5 Å². The van der Waals surface area contributed by atoms with Crippen molar-refractivity contribution >= 4 is 20.0 Å². The minimum Gasteiger partial charge on any atom is -0.489 e. The van der Waals surface area contributed by atoms with Crippen LogP contribution in [0.5, 0.6) is 11.5 Å². The van der Waals surface area contributed by atoms with Gasteiger partial charge in [0.1, 0.15) is 23.7 Å². The van der Waals surface area contributed by atoms with Crippen molar-refractivity contribution in [1.29, 1.82) is 0 Å². The number of rotatable bonds is 13. The van der Waals surface area contributed by atoms with Crippen LogP contribution < -0.4 is 18.9 Å². The zero-order chi connectivity index (χ0) is 25.5. The summed E-state index contributed by atoms with van der Waals surface area (Å²) in [5, 5.41) is -0.978. The molecule has 190 valence electrons. The van der Waals surface area contributed by atoms with Crippen LogP contribution in [0.1, 0.15) is 41.5 Å². The van der Waals surface area contributed by atoms with E-state index in [4.69, 9.17) is 9.47 Å². The average Bonchev–Trinajstić information content (AvgIpc) is 2.77. The molecule has 2 atom stereocenters. The van der Waals surface area contributed by atoms with E-state index in [0.717, 1.165) is 11.1 Å². The van der Waals surface area contributed by atoms with Gasteiger partial charge in [0, 0.05) is 13.1 Å². The van der Waals surface area contributed by atoms with Crippen molar-refractivity contribution in [1.82, 2.24) is 9.44 Å². The van der Waals surface area contributed by atoms with Gasteiger partial charge in [-0.1, -0.05) is 24.3 Å². The van der Waals surface area contributed by atoms with Gasteiger partial charge in [0.05, 0.1) is 10.5 Å². The summed E-state index contributed by atoms with van der Waals surface area (Å²) in [6.45, 7) is 10.5. The Kier molecular flexibility index (Phi) is 9.93. The lowest BCUT2D eigenvalue weighted by molar-refractivity contribution is 0.224. The van der Waals surface area contributed by atoms with Crippen LogP contribution in [0.15, 0.2) is 48.5 Å². The van der Waals surface area contributed by atoms with Gasteiger partial charge in [0.15, 0.2) is 0 Å². The van der Waals surface area contributed by atoms with Gasteiger partial charge in [-0.25, -0.2) is 26.3 Å². The van der Waals surface area contributed by atoms with Crippen LogP contribution >= 0.6 is 0 Å². The molecule has 8 nitrogen and oxygen atoms in total. The first-order valence-electron chi connectivity index (χ1n) is 11.3. The van der Waals surface area contributed by atoms with Crippen molar-refractivity contribution < 1.29 is 26.3 Å². The maximum absolute atomic E-state index is 11.9. The second kappa shape index (κ2) is 12.0. The highest BCUT2D eigenvalue weighted by Crippen LogP contribution is 2.25. The Bertz CT molecular complexity index is 1020. The summed E-state index contributed by atoms with van der Waals surface area (Å²) in [6.07, 6.45) is -0.634. The van der Waals surface area contributed by atoms with Crippen molar-refractivity contribution in [2.75, 3.05) is 13.1 Å². The molecule has 2 aromatic carbocycles. The van der Waals surface area contributed by atoms with Crippen LogP contribution in [0.3, 0.4) is 0 Å². The summed E-state index contributed by atoms with van der Waals surface area (Å²) in [7, 11) is -6.65.